The van der Waals surface area contributed by atoms with Gasteiger partial charge in [-0.1, -0.05) is 30.3 Å². The van der Waals surface area contributed by atoms with E-state index < -0.39 is 4.92 Å². The van der Waals surface area contributed by atoms with Crippen molar-refractivity contribution < 1.29 is 14.5 Å². The number of non-ortho nitro benzene ring substituents is 1. The largest absolute Gasteiger partial charge is 0.326 e. The molecule has 2 N–H and O–H groups in total. The van der Waals surface area contributed by atoms with Crippen molar-refractivity contribution in [2.45, 2.75) is 25.7 Å². The van der Waals surface area contributed by atoms with E-state index in [2.05, 4.69) is 15.8 Å². The molecule has 1 fully saturated rings. The maximum atomic E-state index is 12.2. The highest BCUT2D eigenvalue weighted by molar-refractivity contribution is 6.05. The van der Waals surface area contributed by atoms with E-state index in [1.165, 1.54) is 24.3 Å². The molecule has 2 amide bonds. The molecular formula is C20H20N4O4. The average Bonchev–Trinajstić information content (AvgIpc) is 3.48. The fraction of sp³-hybridized carbons (Fsp3) is 0.250. The number of rotatable bonds is 7. The highest BCUT2D eigenvalue weighted by Gasteiger charge is 2.43. The zero-order valence-electron chi connectivity index (χ0n) is 15.3. The van der Waals surface area contributed by atoms with Crippen LogP contribution in [0.3, 0.4) is 0 Å². The summed E-state index contributed by atoms with van der Waals surface area (Å²) in [6.45, 7) is 1.65. The quantitative estimate of drug-likeness (QED) is 0.436. The number of nitro benzene ring substituents is 1. The highest BCUT2D eigenvalue weighted by atomic mass is 16.6. The summed E-state index contributed by atoms with van der Waals surface area (Å²) < 4.78 is 0. The normalized spacial score (nSPS) is 18.2. The molecule has 0 bridgehead atoms. The number of carbonyl (C=O) groups is 2. The Labute approximate surface area is 161 Å². The molecule has 144 valence electrons. The molecule has 8 nitrogen and oxygen atoms in total. The number of nitro groups is 1. The van der Waals surface area contributed by atoms with Gasteiger partial charge in [0.05, 0.1) is 11.3 Å². The van der Waals surface area contributed by atoms with Crippen molar-refractivity contribution in [1.82, 2.24) is 5.43 Å². The molecule has 0 spiro atoms. The Morgan fingerprint density at radius 2 is 1.82 bits per heavy atom. The van der Waals surface area contributed by atoms with Crippen molar-refractivity contribution in [3.05, 3.63) is 70.3 Å². The van der Waals surface area contributed by atoms with Gasteiger partial charge in [-0.3, -0.25) is 19.7 Å². The fourth-order valence-electron chi connectivity index (χ4n) is 2.93. The van der Waals surface area contributed by atoms with Crippen molar-refractivity contribution >= 4 is 28.9 Å². The molecule has 3 rings (SSSR count). The molecule has 0 heterocycles. The van der Waals surface area contributed by atoms with Gasteiger partial charge in [0.2, 0.25) is 11.8 Å². The van der Waals surface area contributed by atoms with Crippen molar-refractivity contribution in [3.63, 3.8) is 0 Å². The Morgan fingerprint density at radius 1 is 1.14 bits per heavy atom. The van der Waals surface area contributed by atoms with Gasteiger partial charge >= 0.3 is 0 Å². The van der Waals surface area contributed by atoms with Crippen LogP contribution in [0.1, 0.15) is 31.2 Å². The van der Waals surface area contributed by atoms with Gasteiger partial charge in [0.25, 0.3) is 5.69 Å². The first kappa shape index (κ1) is 19.2. The number of carbonyl (C=O) groups excluding carboxylic acids is 2. The number of anilines is 1. The third-order valence-corrected chi connectivity index (χ3v) is 4.49. The van der Waals surface area contributed by atoms with Gasteiger partial charge in [-0.05, 0) is 37.0 Å². The van der Waals surface area contributed by atoms with Crippen LogP contribution in [0, 0.1) is 16.0 Å². The number of amides is 2. The second-order valence-electron chi connectivity index (χ2n) is 6.71. The molecule has 28 heavy (non-hydrogen) atoms. The molecule has 0 radical (unpaired) electrons. The molecule has 0 unspecified atom stereocenters. The highest BCUT2D eigenvalue weighted by Crippen LogP contribution is 2.47. The Bertz CT molecular complexity index is 910. The smallest absolute Gasteiger partial charge is 0.269 e. The monoisotopic (exact) mass is 380 g/mol. The molecule has 1 aliphatic carbocycles. The van der Waals surface area contributed by atoms with Crippen LogP contribution in [0.4, 0.5) is 11.4 Å². The summed E-state index contributed by atoms with van der Waals surface area (Å²) in [5, 5.41) is 17.3. The number of nitrogens with zero attached hydrogens (tertiary/aromatic N) is 2. The summed E-state index contributed by atoms with van der Waals surface area (Å²) in [4.78, 5) is 34.3. The molecule has 2 atom stereocenters. The summed E-state index contributed by atoms with van der Waals surface area (Å²) in [5.74, 6) is -0.336. The van der Waals surface area contributed by atoms with Crippen LogP contribution in [-0.4, -0.2) is 22.4 Å². The maximum Gasteiger partial charge on any atom is 0.269 e. The number of hydrogen-bond acceptors (Lipinski definition) is 5. The van der Waals surface area contributed by atoms with Crippen LogP contribution in [0.15, 0.2) is 59.7 Å². The van der Waals surface area contributed by atoms with Crippen LogP contribution >= 0.6 is 0 Å². The molecule has 2 aromatic rings. The molecule has 0 aliphatic heterocycles. The Balaban J connectivity index is 1.45. The topological polar surface area (TPSA) is 114 Å². The van der Waals surface area contributed by atoms with Crippen LogP contribution in [-0.2, 0) is 9.59 Å². The third kappa shape index (κ3) is 5.00. The predicted octanol–water partition coefficient (Wildman–Crippen LogP) is 3.22. The van der Waals surface area contributed by atoms with Gasteiger partial charge in [0.15, 0.2) is 0 Å². The van der Waals surface area contributed by atoms with Crippen LogP contribution < -0.4 is 10.7 Å². The van der Waals surface area contributed by atoms with Crippen LogP contribution in [0.2, 0.25) is 0 Å². The van der Waals surface area contributed by atoms with Gasteiger partial charge in [0.1, 0.15) is 0 Å². The average molecular weight is 380 g/mol. The summed E-state index contributed by atoms with van der Waals surface area (Å²) in [7, 11) is 0. The van der Waals surface area contributed by atoms with Gasteiger partial charge in [-0.25, -0.2) is 5.43 Å². The predicted molar refractivity (Wildman–Crippen MR) is 105 cm³/mol. The minimum absolute atomic E-state index is 0.00402. The lowest BCUT2D eigenvalue weighted by molar-refractivity contribution is -0.384. The van der Waals surface area contributed by atoms with E-state index in [0.717, 1.165) is 12.0 Å². The number of hydrazone groups is 1. The standard InChI is InChI=1S/C20H20N4O4/c1-13(11-19(25)21-15-7-9-16(10-8-15)24(27)28)22-23-20(26)18-12-17(18)14-5-3-2-4-6-14/h2-10,17-18H,11-12H2,1H3,(H,21,25)(H,23,26)/b22-13+/t17-,18+/m1/s1. The SMILES string of the molecule is C/C(CC(=O)Nc1ccc([N+](=O)[O-])cc1)=N\NC(=O)[C@H]1C[C@@H]1c1ccccc1. The van der Waals surface area contributed by atoms with Crippen LogP contribution in [0.5, 0.6) is 0 Å². The van der Waals surface area contributed by atoms with Crippen LogP contribution in [0.25, 0.3) is 0 Å². The minimum Gasteiger partial charge on any atom is -0.326 e. The lowest BCUT2D eigenvalue weighted by Gasteiger charge is -2.05. The Kier molecular flexibility index (Phi) is 5.78. The third-order valence-electron chi connectivity index (χ3n) is 4.49. The van der Waals surface area contributed by atoms with Crippen molar-refractivity contribution in [2.24, 2.45) is 11.0 Å². The van der Waals surface area contributed by atoms with Gasteiger partial charge in [0, 0.05) is 29.4 Å². The van der Waals surface area contributed by atoms with Crippen molar-refractivity contribution in [3.8, 4) is 0 Å². The summed E-state index contributed by atoms with van der Waals surface area (Å²) >= 11 is 0. The van der Waals surface area contributed by atoms with E-state index >= 15 is 0 Å². The van der Waals surface area contributed by atoms with E-state index in [0.29, 0.717) is 11.4 Å². The lowest BCUT2D eigenvalue weighted by Crippen LogP contribution is -2.23. The zero-order valence-corrected chi connectivity index (χ0v) is 15.3. The number of hydrogen-bond donors (Lipinski definition) is 2. The molecule has 2 aromatic carbocycles. The number of nitrogens with one attached hydrogen (secondary N) is 2. The molecule has 1 saturated carbocycles. The minimum atomic E-state index is -0.507. The second kappa shape index (κ2) is 8.43. The molecule has 0 aromatic heterocycles. The summed E-state index contributed by atoms with van der Waals surface area (Å²) in [6, 6.07) is 15.4. The molecule has 1 aliphatic rings. The molecule has 8 heteroatoms. The van der Waals surface area contributed by atoms with E-state index in [1.54, 1.807) is 6.92 Å². The molecule has 0 saturated heterocycles. The first-order valence-corrected chi connectivity index (χ1v) is 8.86. The number of benzene rings is 2. The first-order valence-electron chi connectivity index (χ1n) is 8.86. The van der Waals surface area contributed by atoms with E-state index in [1.807, 2.05) is 30.3 Å². The first-order chi connectivity index (χ1) is 13.4. The zero-order chi connectivity index (χ0) is 20.1. The van der Waals surface area contributed by atoms with Gasteiger partial charge in [-0.15, -0.1) is 0 Å². The van der Waals surface area contributed by atoms with Gasteiger partial charge in [-0.2, -0.15) is 5.10 Å². The Hall–Kier alpha value is -3.55. The fourth-order valence-corrected chi connectivity index (χ4v) is 2.93. The van der Waals surface area contributed by atoms with E-state index in [9.17, 15) is 19.7 Å². The van der Waals surface area contributed by atoms with E-state index in [-0.39, 0.29) is 35.8 Å². The maximum absolute atomic E-state index is 12.2. The van der Waals surface area contributed by atoms with Gasteiger partial charge < -0.3 is 5.32 Å². The van der Waals surface area contributed by atoms with Crippen molar-refractivity contribution in [1.29, 1.82) is 0 Å². The second-order valence-corrected chi connectivity index (χ2v) is 6.71. The summed E-state index contributed by atoms with van der Waals surface area (Å²) in [6.07, 6.45) is 0.801. The summed E-state index contributed by atoms with van der Waals surface area (Å²) in [5.41, 5.74) is 4.54. The van der Waals surface area contributed by atoms with E-state index in [4.69, 9.17) is 0 Å². The molecular weight excluding hydrogens is 360 g/mol. The Morgan fingerprint density at radius 3 is 2.46 bits per heavy atom. The van der Waals surface area contributed by atoms with Crippen molar-refractivity contribution in [2.75, 3.05) is 5.32 Å². The lowest BCUT2D eigenvalue weighted by atomic mass is 10.1.